The monoisotopic (exact) mass is 275 g/mol. The maximum Gasteiger partial charge on any atom is 0.432 e. The van der Waals surface area contributed by atoms with E-state index in [0.29, 0.717) is 27.3 Å². The van der Waals surface area contributed by atoms with E-state index in [9.17, 15) is 18.0 Å². The summed E-state index contributed by atoms with van der Waals surface area (Å²) in [6.45, 7) is 1.49. The summed E-state index contributed by atoms with van der Waals surface area (Å²) in [5, 5.41) is 0.817. The van der Waals surface area contributed by atoms with Gasteiger partial charge in [-0.15, -0.1) is 0 Å². The normalized spacial score (nSPS) is 11.8. The van der Waals surface area contributed by atoms with E-state index in [-0.39, 0.29) is 6.54 Å². The molecule has 0 fully saturated rings. The average Bonchev–Trinajstić information content (AvgIpc) is 2.63. The summed E-state index contributed by atoms with van der Waals surface area (Å²) in [4.78, 5) is 18.5. The van der Waals surface area contributed by atoms with Gasteiger partial charge in [-0.05, 0) is 6.92 Å². The van der Waals surface area contributed by atoms with E-state index in [2.05, 4.69) is 9.97 Å². The van der Waals surface area contributed by atoms with Crippen LogP contribution in [0.5, 0.6) is 0 Å². The lowest BCUT2D eigenvalue weighted by Gasteiger charge is -2.10. The molecule has 0 unspecified atom stereocenters. The van der Waals surface area contributed by atoms with E-state index >= 15 is 0 Å². The summed E-state index contributed by atoms with van der Waals surface area (Å²) in [5.74, 6) is 0.521. The lowest BCUT2D eigenvalue weighted by molar-refractivity contribution is -0.143. The fourth-order valence-electron chi connectivity index (χ4n) is 1.38. The fourth-order valence-corrected chi connectivity index (χ4v) is 2.15. The predicted molar refractivity (Wildman–Crippen MR) is 59.5 cm³/mol. The van der Waals surface area contributed by atoms with E-state index in [1.807, 2.05) is 0 Å². The molecule has 0 aliphatic rings. The van der Waals surface area contributed by atoms with Crippen molar-refractivity contribution in [2.24, 2.45) is 0 Å². The minimum atomic E-state index is -4.54. The van der Waals surface area contributed by atoms with Crippen molar-refractivity contribution in [2.45, 2.75) is 19.6 Å². The summed E-state index contributed by atoms with van der Waals surface area (Å²) in [5.41, 5.74) is -0.496. The number of hydrogen-bond acceptors (Lipinski definition) is 4. The maximum absolute atomic E-state index is 12.6. The van der Waals surface area contributed by atoms with Gasteiger partial charge in [-0.2, -0.15) is 13.2 Å². The first kappa shape index (κ1) is 12.7. The van der Waals surface area contributed by atoms with Gasteiger partial charge in [0.25, 0.3) is 0 Å². The maximum atomic E-state index is 12.6. The van der Waals surface area contributed by atoms with Gasteiger partial charge in [0.1, 0.15) is 11.5 Å². The second-order valence-corrected chi connectivity index (χ2v) is 4.43. The molecule has 0 radical (unpaired) electrons. The fraction of sp³-hybridized carbons (Fsp3) is 0.300. The number of thiazole rings is 1. The number of halogens is 3. The van der Waals surface area contributed by atoms with Gasteiger partial charge in [0.15, 0.2) is 0 Å². The Kier molecular flexibility index (Phi) is 3.20. The van der Waals surface area contributed by atoms with Crippen molar-refractivity contribution in [3.05, 3.63) is 44.5 Å². The quantitative estimate of drug-likeness (QED) is 0.843. The van der Waals surface area contributed by atoms with Gasteiger partial charge in [0.2, 0.25) is 0 Å². The summed E-state index contributed by atoms with van der Waals surface area (Å²) in [6, 6.07) is 0. The van der Waals surface area contributed by atoms with E-state index < -0.39 is 16.7 Å². The number of aromatic nitrogens is 3. The Morgan fingerprint density at radius 2 is 1.94 bits per heavy atom. The molecule has 0 N–H and O–H groups in total. The van der Waals surface area contributed by atoms with Crippen LogP contribution in [0.4, 0.5) is 13.2 Å². The largest absolute Gasteiger partial charge is 0.432 e. The molecule has 2 rings (SSSR count). The van der Waals surface area contributed by atoms with Gasteiger partial charge < -0.3 is 0 Å². The van der Waals surface area contributed by atoms with Crippen molar-refractivity contribution in [2.75, 3.05) is 0 Å². The van der Waals surface area contributed by atoms with Gasteiger partial charge in [-0.1, -0.05) is 11.3 Å². The molecule has 0 atom stereocenters. The van der Waals surface area contributed by atoms with Crippen LogP contribution in [0.3, 0.4) is 0 Å². The molecule has 0 aliphatic carbocycles. The molecule has 0 aromatic carbocycles. The first-order valence-corrected chi connectivity index (χ1v) is 5.79. The predicted octanol–water partition coefficient (Wildman–Crippen LogP) is 2.08. The van der Waals surface area contributed by atoms with Crippen LogP contribution >= 0.6 is 11.3 Å². The molecular weight excluding hydrogens is 267 g/mol. The molecule has 0 bridgehead atoms. The van der Waals surface area contributed by atoms with Crippen LogP contribution < -0.4 is 4.87 Å². The van der Waals surface area contributed by atoms with Crippen molar-refractivity contribution in [1.29, 1.82) is 0 Å². The van der Waals surface area contributed by atoms with Crippen LogP contribution in [-0.2, 0) is 12.7 Å². The van der Waals surface area contributed by atoms with E-state index in [1.54, 1.807) is 6.92 Å². The third-order valence-corrected chi connectivity index (χ3v) is 3.01. The van der Waals surface area contributed by atoms with Crippen LogP contribution in [-0.4, -0.2) is 14.5 Å². The van der Waals surface area contributed by atoms with E-state index in [1.165, 1.54) is 12.4 Å². The molecule has 4 nitrogen and oxygen atoms in total. The molecule has 2 aromatic rings. The Morgan fingerprint density at radius 3 is 2.50 bits per heavy atom. The lowest BCUT2D eigenvalue weighted by Crippen LogP contribution is -2.22. The molecule has 0 amide bonds. The number of hydrogen-bond donors (Lipinski definition) is 0. The third kappa shape index (κ3) is 2.58. The van der Waals surface area contributed by atoms with Crippen molar-refractivity contribution < 1.29 is 13.2 Å². The number of alkyl halides is 3. The minimum Gasteiger partial charge on any atom is -0.290 e. The molecule has 0 saturated heterocycles. The molecular formula is C10H8F3N3OS. The highest BCUT2D eigenvalue weighted by molar-refractivity contribution is 7.07. The average molecular weight is 275 g/mol. The molecule has 18 heavy (non-hydrogen) atoms. The smallest absolute Gasteiger partial charge is 0.290 e. The molecule has 96 valence electrons. The van der Waals surface area contributed by atoms with E-state index in [0.717, 1.165) is 5.38 Å². The van der Waals surface area contributed by atoms with Crippen molar-refractivity contribution in [3.63, 3.8) is 0 Å². The Hall–Kier alpha value is -1.70. The first-order valence-electron chi connectivity index (χ1n) is 4.91. The van der Waals surface area contributed by atoms with E-state index in [4.69, 9.17) is 0 Å². The third-order valence-electron chi connectivity index (χ3n) is 2.25. The van der Waals surface area contributed by atoms with Crippen LogP contribution in [0, 0.1) is 6.92 Å². The minimum absolute atomic E-state index is 0.183. The van der Waals surface area contributed by atoms with Gasteiger partial charge >= 0.3 is 11.0 Å². The van der Waals surface area contributed by atoms with Crippen molar-refractivity contribution in [3.8, 4) is 0 Å². The number of nitrogens with zero attached hydrogens (tertiary/aromatic N) is 3. The summed E-state index contributed by atoms with van der Waals surface area (Å²) >= 11 is 0.527. The van der Waals surface area contributed by atoms with Crippen molar-refractivity contribution >= 4 is 11.3 Å². The van der Waals surface area contributed by atoms with Crippen LogP contribution in [0.1, 0.15) is 17.1 Å². The molecule has 2 heterocycles. The lowest BCUT2D eigenvalue weighted by atomic mass is 10.3. The highest BCUT2D eigenvalue weighted by atomic mass is 32.1. The zero-order valence-corrected chi connectivity index (χ0v) is 10.0. The SMILES string of the molecule is Cc1ncc(Cn2c(C(F)(F)F)csc2=O)cn1. The van der Waals surface area contributed by atoms with Crippen LogP contribution in [0.2, 0.25) is 0 Å². The molecule has 8 heteroatoms. The van der Waals surface area contributed by atoms with Gasteiger partial charge in [0.05, 0.1) is 6.54 Å². The standard InChI is InChI=1S/C10H8F3N3OS/c1-6-14-2-7(3-15-6)4-16-8(10(11,12)13)5-18-9(16)17/h2-3,5H,4H2,1H3. The highest BCUT2D eigenvalue weighted by Crippen LogP contribution is 2.29. The number of rotatable bonds is 2. The topological polar surface area (TPSA) is 47.8 Å². The Balaban J connectivity index is 2.37. The van der Waals surface area contributed by atoms with Gasteiger partial charge in [0, 0.05) is 23.3 Å². The zero-order chi connectivity index (χ0) is 13.3. The Labute approximate surface area is 104 Å². The Bertz CT molecular complexity index is 600. The second-order valence-electron chi connectivity index (χ2n) is 3.61. The zero-order valence-electron chi connectivity index (χ0n) is 9.23. The number of aryl methyl sites for hydroxylation is 1. The highest BCUT2D eigenvalue weighted by Gasteiger charge is 2.35. The molecule has 0 saturated carbocycles. The molecule has 0 aliphatic heterocycles. The second kappa shape index (κ2) is 4.52. The Morgan fingerprint density at radius 1 is 1.33 bits per heavy atom. The van der Waals surface area contributed by atoms with Gasteiger partial charge in [-0.3, -0.25) is 9.36 Å². The molecule has 2 aromatic heterocycles. The molecule has 0 spiro atoms. The summed E-state index contributed by atoms with van der Waals surface area (Å²) < 4.78 is 38.6. The van der Waals surface area contributed by atoms with Crippen LogP contribution in [0.15, 0.2) is 22.6 Å². The first-order chi connectivity index (χ1) is 8.38. The van der Waals surface area contributed by atoms with Crippen molar-refractivity contribution in [1.82, 2.24) is 14.5 Å². The van der Waals surface area contributed by atoms with Crippen LogP contribution in [0.25, 0.3) is 0 Å². The summed E-state index contributed by atoms with van der Waals surface area (Å²) in [7, 11) is 0. The summed E-state index contributed by atoms with van der Waals surface area (Å²) in [6.07, 6.45) is -1.72. The van der Waals surface area contributed by atoms with Gasteiger partial charge in [-0.25, -0.2) is 9.97 Å².